The largest absolute Gasteiger partial charge is 0.390 e. The minimum atomic E-state index is -0.663. The summed E-state index contributed by atoms with van der Waals surface area (Å²) >= 11 is 6.25. The van der Waals surface area contributed by atoms with Crippen LogP contribution in [-0.4, -0.2) is 33.9 Å². The molecule has 25 heavy (non-hydrogen) atoms. The van der Waals surface area contributed by atoms with Gasteiger partial charge in [-0.2, -0.15) is 0 Å². The predicted molar refractivity (Wildman–Crippen MR) is 103 cm³/mol. The highest BCUT2D eigenvalue weighted by molar-refractivity contribution is 6.31. The van der Waals surface area contributed by atoms with Crippen molar-refractivity contribution in [2.75, 3.05) is 13.1 Å². The Kier molecular flexibility index (Phi) is 4.00. The number of aromatic amines is 1. The van der Waals surface area contributed by atoms with Gasteiger partial charge in [-0.3, -0.25) is 4.99 Å². The van der Waals surface area contributed by atoms with Crippen molar-refractivity contribution in [3.63, 3.8) is 0 Å². The number of nitrogens with one attached hydrogen (secondary N) is 1. The first-order chi connectivity index (χ1) is 12.1. The highest BCUT2D eigenvalue weighted by atomic mass is 35.5. The summed E-state index contributed by atoms with van der Waals surface area (Å²) in [6.45, 7) is 0.431. The molecule has 128 valence electrons. The summed E-state index contributed by atoms with van der Waals surface area (Å²) in [4.78, 5) is 8.19. The molecule has 0 fully saturated rings. The van der Waals surface area contributed by atoms with Crippen molar-refractivity contribution >= 4 is 44.4 Å². The summed E-state index contributed by atoms with van der Waals surface area (Å²) in [5.74, 6) is 0. The molecule has 0 spiro atoms. The average molecular weight is 355 g/mol. The highest BCUT2D eigenvalue weighted by Crippen LogP contribution is 2.26. The van der Waals surface area contributed by atoms with Crippen molar-refractivity contribution in [3.8, 4) is 0 Å². The van der Waals surface area contributed by atoms with Gasteiger partial charge in [0.2, 0.25) is 0 Å². The van der Waals surface area contributed by atoms with E-state index in [1.54, 1.807) is 0 Å². The minimum absolute atomic E-state index is 0.180. The molecule has 0 bridgehead atoms. The lowest BCUT2D eigenvalue weighted by molar-refractivity contribution is 0.191. The topological polar surface area (TPSA) is 79.3 Å². The third kappa shape index (κ3) is 2.61. The lowest BCUT2D eigenvalue weighted by atomic mass is 10.1. The summed E-state index contributed by atoms with van der Waals surface area (Å²) in [7, 11) is 2.02. The summed E-state index contributed by atoms with van der Waals surface area (Å²) in [5, 5.41) is 14.4. The molecule has 2 aromatic heterocycles. The Morgan fingerprint density at radius 3 is 2.84 bits per heavy atom. The number of nitrogens with zero attached hydrogens (tertiary/aromatic N) is 2. The summed E-state index contributed by atoms with van der Waals surface area (Å²) in [6, 6.07) is 13.9. The zero-order valence-electron chi connectivity index (χ0n) is 13.8. The summed E-state index contributed by atoms with van der Waals surface area (Å²) < 4.78 is 2.11. The molecule has 4 aromatic rings. The van der Waals surface area contributed by atoms with Crippen LogP contribution in [0, 0.1) is 0 Å². The van der Waals surface area contributed by atoms with E-state index in [-0.39, 0.29) is 13.1 Å². The fourth-order valence-electron chi connectivity index (χ4n) is 3.30. The maximum Gasteiger partial charge on any atom is 0.120 e. The first kappa shape index (κ1) is 16.1. The van der Waals surface area contributed by atoms with Gasteiger partial charge in [-0.25, -0.2) is 0 Å². The maximum atomic E-state index is 9.88. The second kappa shape index (κ2) is 6.19. The molecule has 4 N–H and O–H groups in total. The molecule has 0 aliphatic rings. The molecule has 0 saturated carbocycles. The zero-order valence-corrected chi connectivity index (χ0v) is 14.6. The third-order valence-electron chi connectivity index (χ3n) is 4.57. The van der Waals surface area contributed by atoms with Crippen LogP contribution in [-0.2, 0) is 7.05 Å². The van der Waals surface area contributed by atoms with Crippen LogP contribution in [0.5, 0.6) is 0 Å². The number of pyridine rings is 1. The molecule has 2 aromatic carbocycles. The van der Waals surface area contributed by atoms with Gasteiger partial charge in [0, 0.05) is 34.9 Å². The van der Waals surface area contributed by atoms with E-state index in [9.17, 15) is 5.11 Å². The fourth-order valence-corrected chi connectivity index (χ4v) is 3.47. The quantitative estimate of drug-likeness (QED) is 0.529. The predicted octanol–water partition coefficient (Wildman–Crippen LogP) is 2.69. The highest BCUT2D eigenvalue weighted by Gasteiger charge is 2.13. The van der Waals surface area contributed by atoms with Crippen LogP contribution in [0.3, 0.4) is 0 Å². The number of hydrogen-bond donors (Lipinski definition) is 3. The second-order valence-electron chi connectivity index (χ2n) is 6.19. The standard InChI is InChI=1S/C19H19ClN4O/c1-24-16-7-6-11(20)8-14(16)18(22-10-12(25)9-21)17-13-4-2-3-5-15(13)23-19(17)24/h2-8,12,23,25H,9-10,21H2,1H3. The van der Waals surface area contributed by atoms with E-state index >= 15 is 0 Å². The van der Waals surface area contributed by atoms with Crippen LogP contribution in [0.1, 0.15) is 0 Å². The Hall–Kier alpha value is -2.34. The van der Waals surface area contributed by atoms with Gasteiger partial charge in [0.05, 0.1) is 28.9 Å². The van der Waals surface area contributed by atoms with E-state index in [0.29, 0.717) is 5.02 Å². The monoisotopic (exact) mass is 354 g/mol. The SMILES string of the molecule is Cn1c2ccc(Cl)cc2c(=NCC(O)CN)c2c3ccccc3[nH]c21. The van der Waals surface area contributed by atoms with Gasteiger partial charge >= 0.3 is 0 Å². The van der Waals surface area contributed by atoms with Crippen molar-refractivity contribution in [2.45, 2.75) is 6.10 Å². The number of aliphatic hydroxyl groups is 1. The molecule has 1 atom stereocenters. The zero-order chi connectivity index (χ0) is 17.6. The maximum absolute atomic E-state index is 9.88. The number of nitrogens with two attached hydrogens (primary N) is 1. The number of aliphatic hydroxyl groups excluding tert-OH is 1. The molecule has 2 heterocycles. The smallest absolute Gasteiger partial charge is 0.120 e. The normalized spacial score (nSPS) is 14.0. The van der Waals surface area contributed by atoms with Gasteiger partial charge in [0.1, 0.15) is 5.65 Å². The Bertz CT molecular complexity index is 1160. The van der Waals surface area contributed by atoms with Crippen molar-refractivity contribution in [1.82, 2.24) is 9.55 Å². The summed E-state index contributed by atoms with van der Waals surface area (Å²) in [5.41, 5.74) is 8.59. The fraction of sp³-hybridized carbons (Fsp3) is 0.211. The Labute approximate surface area is 149 Å². The number of halogens is 1. The minimum Gasteiger partial charge on any atom is -0.390 e. The molecule has 5 nitrogen and oxygen atoms in total. The lowest BCUT2D eigenvalue weighted by Gasteiger charge is -2.10. The van der Waals surface area contributed by atoms with Gasteiger partial charge in [-0.1, -0.05) is 29.8 Å². The van der Waals surface area contributed by atoms with Crippen molar-refractivity contribution < 1.29 is 5.11 Å². The number of aromatic nitrogens is 2. The van der Waals surface area contributed by atoms with E-state index in [4.69, 9.17) is 22.3 Å². The van der Waals surface area contributed by atoms with Crippen molar-refractivity contribution in [2.24, 2.45) is 17.8 Å². The van der Waals surface area contributed by atoms with Gasteiger partial charge in [0.15, 0.2) is 0 Å². The van der Waals surface area contributed by atoms with Crippen LogP contribution in [0.25, 0.3) is 32.8 Å². The van der Waals surface area contributed by atoms with Crippen LogP contribution in [0.4, 0.5) is 0 Å². The molecule has 0 aliphatic carbocycles. The second-order valence-corrected chi connectivity index (χ2v) is 6.63. The van der Waals surface area contributed by atoms with Crippen LogP contribution in [0.2, 0.25) is 5.02 Å². The first-order valence-corrected chi connectivity index (χ1v) is 8.55. The molecule has 6 heteroatoms. The molecule has 1 unspecified atom stereocenters. The van der Waals surface area contributed by atoms with Gasteiger partial charge in [-0.15, -0.1) is 0 Å². The van der Waals surface area contributed by atoms with Crippen molar-refractivity contribution in [1.29, 1.82) is 0 Å². The molecular weight excluding hydrogens is 336 g/mol. The number of hydrogen-bond acceptors (Lipinski definition) is 3. The number of para-hydroxylation sites is 1. The van der Waals surface area contributed by atoms with Crippen LogP contribution < -0.4 is 11.1 Å². The number of fused-ring (bicyclic) bond motifs is 4. The van der Waals surface area contributed by atoms with Crippen LogP contribution in [0.15, 0.2) is 47.5 Å². The summed E-state index contributed by atoms with van der Waals surface area (Å²) in [6.07, 6.45) is -0.663. The number of H-pyrrole nitrogens is 1. The van der Waals surface area contributed by atoms with E-state index in [1.165, 1.54) is 0 Å². The number of rotatable bonds is 3. The van der Waals surface area contributed by atoms with E-state index in [1.807, 2.05) is 43.4 Å². The Balaban J connectivity index is 2.22. The third-order valence-corrected chi connectivity index (χ3v) is 4.80. The number of benzene rings is 2. The molecule has 0 amide bonds. The van der Waals surface area contributed by atoms with E-state index in [2.05, 4.69) is 15.6 Å². The average Bonchev–Trinajstić information content (AvgIpc) is 3.01. The molecule has 0 saturated heterocycles. The first-order valence-electron chi connectivity index (χ1n) is 8.17. The molecule has 0 radical (unpaired) electrons. The van der Waals surface area contributed by atoms with E-state index in [0.717, 1.165) is 38.2 Å². The lowest BCUT2D eigenvalue weighted by Crippen LogP contribution is -2.24. The van der Waals surface area contributed by atoms with Crippen molar-refractivity contribution in [3.05, 3.63) is 52.8 Å². The molecule has 4 rings (SSSR count). The van der Waals surface area contributed by atoms with Gasteiger partial charge in [-0.05, 0) is 24.3 Å². The molecular formula is C19H19ClN4O. The Morgan fingerprint density at radius 1 is 1.24 bits per heavy atom. The number of aryl methyl sites for hydroxylation is 1. The van der Waals surface area contributed by atoms with Gasteiger partial charge in [0.25, 0.3) is 0 Å². The molecule has 0 aliphatic heterocycles. The van der Waals surface area contributed by atoms with Crippen LogP contribution >= 0.6 is 11.6 Å². The van der Waals surface area contributed by atoms with E-state index < -0.39 is 6.10 Å². The Morgan fingerprint density at radius 2 is 2.04 bits per heavy atom. The van der Waals surface area contributed by atoms with Gasteiger partial charge < -0.3 is 20.4 Å².